The first-order valence-corrected chi connectivity index (χ1v) is 6.67. The zero-order valence-corrected chi connectivity index (χ0v) is 10.4. The molecule has 1 fully saturated rings. The lowest BCUT2D eigenvalue weighted by molar-refractivity contribution is 0.230. The van der Waals surface area contributed by atoms with Crippen molar-refractivity contribution in [2.24, 2.45) is 5.41 Å². The summed E-state index contributed by atoms with van der Waals surface area (Å²) in [6.45, 7) is 2.43. The Kier molecular flexibility index (Phi) is 3.42. The van der Waals surface area contributed by atoms with Gasteiger partial charge in [-0.05, 0) is 31.7 Å². The van der Waals surface area contributed by atoms with E-state index in [1.165, 1.54) is 30.6 Å². The van der Waals surface area contributed by atoms with Crippen molar-refractivity contribution >= 4 is 11.3 Å². The fourth-order valence-corrected chi connectivity index (χ4v) is 3.41. The molecule has 1 aromatic rings. The van der Waals surface area contributed by atoms with Crippen molar-refractivity contribution in [1.29, 1.82) is 0 Å². The van der Waals surface area contributed by atoms with Crippen LogP contribution in [0.4, 0.5) is 0 Å². The van der Waals surface area contributed by atoms with Gasteiger partial charge in [-0.2, -0.15) is 0 Å². The summed E-state index contributed by atoms with van der Waals surface area (Å²) in [7, 11) is 2.09. The largest absolute Gasteiger partial charge is 0.316 e. The molecule has 1 aromatic heterocycles. The van der Waals surface area contributed by atoms with E-state index in [-0.39, 0.29) is 0 Å². The van der Waals surface area contributed by atoms with Crippen LogP contribution in [0.25, 0.3) is 0 Å². The molecule has 0 saturated heterocycles. The van der Waals surface area contributed by atoms with Crippen LogP contribution >= 0.6 is 11.3 Å². The van der Waals surface area contributed by atoms with E-state index in [1.54, 1.807) is 11.3 Å². The van der Waals surface area contributed by atoms with Crippen molar-refractivity contribution in [3.05, 3.63) is 16.6 Å². The summed E-state index contributed by atoms with van der Waals surface area (Å²) in [6, 6.07) is 0.612. The zero-order valence-electron chi connectivity index (χ0n) is 9.62. The molecule has 1 heterocycles. The van der Waals surface area contributed by atoms with Gasteiger partial charge in [-0.3, -0.25) is 4.98 Å². The number of nitrogens with zero attached hydrogens (tertiary/aromatic N) is 1. The topological polar surface area (TPSA) is 24.9 Å². The summed E-state index contributed by atoms with van der Waals surface area (Å²) in [5.41, 5.74) is 2.43. The van der Waals surface area contributed by atoms with E-state index < -0.39 is 0 Å². The maximum absolute atomic E-state index is 4.15. The smallest absolute Gasteiger partial charge is 0.0794 e. The average molecular weight is 224 g/mol. The Morgan fingerprint density at radius 2 is 2.27 bits per heavy atom. The van der Waals surface area contributed by atoms with Gasteiger partial charge in [0.15, 0.2) is 0 Å². The first kappa shape index (κ1) is 11.1. The van der Waals surface area contributed by atoms with Crippen molar-refractivity contribution in [2.75, 3.05) is 7.05 Å². The fourth-order valence-electron chi connectivity index (χ4n) is 2.77. The molecule has 1 aliphatic carbocycles. The number of thiazole rings is 1. The molecule has 84 valence electrons. The van der Waals surface area contributed by atoms with Gasteiger partial charge in [0.2, 0.25) is 0 Å². The molecular formula is C12H20N2S. The second-order valence-corrected chi connectivity index (χ2v) is 5.85. The summed E-state index contributed by atoms with van der Waals surface area (Å²) in [4.78, 5) is 5.55. The molecule has 1 aliphatic rings. The molecule has 0 radical (unpaired) electrons. The summed E-state index contributed by atoms with van der Waals surface area (Å²) < 4.78 is 0. The second kappa shape index (κ2) is 4.62. The Morgan fingerprint density at radius 3 is 2.80 bits per heavy atom. The van der Waals surface area contributed by atoms with E-state index in [4.69, 9.17) is 0 Å². The van der Waals surface area contributed by atoms with Gasteiger partial charge in [-0.25, -0.2) is 0 Å². The van der Waals surface area contributed by atoms with E-state index in [1.807, 2.05) is 11.7 Å². The SMILES string of the molecule is CNC(Cc1cncs1)C1(C)CCCC1. The highest BCUT2D eigenvalue weighted by atomic mass is 32.1. The second-order valence-electron chi connectivity index (χ2n) is 4.87. The number of hydrogen-bond acceptors (Lipinski definition) is 3. The maximum Gasteiger partial charge on any atom is 0.0794 e. The predicted octanol–water partition coefficient (Wildman–Crippen LogP) is 2.85. The fraction of sp³-hybridized carbons (Fsp3) is 0.750. The Hall–Kier alpha value is -0.410. The average Bonchev–Trinajstić information content (AvgIpc) is 2.85. The van der Waals surface area contributed by atoms with Crippen LogP contribution in [0.5, 0.6) is 0 Å². The molecule has 1 atom stereocenters. The lowest BCUT2D eigenvalue weighted by Crippen LogP contribution is -2.41. The minimum atomic E-state index is 0.499. The molecule has 2 rings (SSSR count). The van der Waals surface area contributed by atoms with Gasteiger partial charge in [-0.15, -0.1) is 11.3 Å². The van der Waals surface area contributed by atoms with Crippen molar-refractivity contribution in [1.82, 2.24) is 10.3 Å². The molecule has 0 spiro atoms. The molecule has 0 aliphatic heterocycles. The summed E-state index contributed by atoms with van der Waals surface area (Å²) in [5.74, 6) is 0. The molecule has 2 nitrogen and oxygen atoms in total. The van der Waals surface area contributed by atoms with Gasteiger partial charge in [0, 0.05) is 17.1 Å². The van der Waals surface area contributed by atoms with Crippen LogP contribution in [0, 0.1) is 5.41 Å². The number of aromatic nitrogens is 1. The van der Waals surface area contributed by atoms with Crippen molar-refractivity contribution in [2.45, 2.75) is 45.1 Å². The predicted molar refractivity (Wildman–Crippen MR) is 65.2 cm³/mol. The van der Waals surface area contributed by atoms with Gasteiger partial charge in [0.05, 0.1) is 5.51 Å². The van der Waals surface area contributed by atoms with Crippen molar-refractivity contribution < 1.29 is 0 Å². The lowest BCUT2D eigenvalue weighted by atomic mass is 9.79. The minimum absolute atomic E-state index is 0.499. The molecule has 0 bridgehead atoms. The molecule has 1 unspecified atom stereocenters. The number of likely N-dealkylation sites (N-methyl/N-ethyl adjacent to an activating group) is 1. The third-order valence-electron chi connectivity index (χ3n) is 3.82. The third kappa shape index (κ3) is 2.40. The van der Waals surface area contributed by atoms with Crippen LogP contribution < -0.4 is 5.32 Å². The minimum Gasteiger partial charge on any atom is -0.316 e. The highest BCUT2D eigenvalue weighted by Gasteiger charge is 2.36. The van der Waals surface area contributed by atoms with Crippen LogP contribution in [-0.2, 0) is 6.42 Å². The van der Waals surface area contributed by atoms with E-state index >= 15 is 0 Å². The Labute approximate surface area is 96.1 Å². The summed E-state index contributed by atoms with van der Waals surface area (Å²) in [6.07, 6.45) is 8.69. The van der Waals surface area contributed by atoms with Crippen LogP contribution in [0.3, 0.4) is 0 Å². The molecule has 0 amide bonds. The standard InChI is InChI=1S/C12H20N2S/c1-12(5-3-4-6-12)11(13-2)7-10-8-14-9-15-10/h8-9,11,13H,3-7H2,1-2H3. The van der Waals surface area contributed by atoms with Crippen LogP contribution in [0.2, 0.25) is 0 Å². The quantitative estimate of drug-likeness (QED) is 0.850. The van der Waals surface area contributed by atoms with Gasteiger partial charge < -0.3 is 5.32 Å². The van der Waals surface area contributed by atoms with Gasteiger partial charge >= 0.3 is 0 Å². The van der Waals surface area contributed by atoms with Crippen LogP contribution in [0.1, 0.15) is 37.5 Å². The first-order chi connectivity index (χ1) is 7.24. The van der Waals surface area contributed by atoms with Crippen LogP contribution in [-0.4, -0.2) is 18.1 Å². The molecule has 3 heteroatoms. The highest BCUT2D eigenvalue weighted by Crippen LogP contribution is 2.41. The number of rotatable bonds is 4. The van der Waals surface area contributed by atoms with Gasteiger partial charge in [0.1, 0.15) is 0 Å². The third-order valence-corrected chi connectivity index (χ3v) is 4.63. The van der Waals surface area contributed by atoms with Crippen molar-refractivity contribution in [3.8, 4) is 0 Å². The molecule has 0 aromatic carbocycles. The molecule has 1 N–H and O–H groups in total. The number of nitrogens with one attached hydrogen (secondary N) is 1. The first-order valence-electron chi connectivity index (χ1n) is 5.79. The summed E-state index contributed by atoms with van der Waals surface area (Å²) >= 11 is 1.77. The zero-order chi connectivity index (χ0) is 10.7. The van der Waals surface area contributed by atoms with E-state index in [0.29, 0.717) is 11.5 Å². The molecule has 15 heavy (non-hydrogen) atoms. The van der Waals surface area contributed by atoms with E-state index in [9.17, 15) is 0 Å². The van der Waals surface area contributed by atoms with Crippen molar-refractivity contribution in [3.63, 3.8) is 0 Å². The van der Waals surface area contributed by atoms with E-state index in [2.05, 4.69) is 24.3 Å². The maximum atomic E-state index is 4.15. The normalized spacial score (nSPS) is 21.7. The van der Waals surface area contributed by atoms with Crippen LogP contribution in [0.15, 0.2) is 11.7 Å². The Balaban J connectivity index is 2.03. The van der Waals surface area contributed by atoms with Gasteiger partial charge in [0.25, 0.3) is 0 Å². The monoisotopic (exact) mass is 224 g/mol. The highest BCUT2D eigenvalue weighted by molar-refractivity contribution is 7.09. The Morgan fingerprint density at radius 1 is 1.53 bits per heavy atom. The van der Waals surface area contributed by atoms with Gasteiger partial charge in [-0.1, -0.05) is 19.8 Å². The lowest BCUT2D eigenvalue weighted by Gasteiger charge is -2.33. The molecular weight excluding hydrogens is 204 g/mol. The van der Waals surface area contributed by atoms with E-state index in [0.717, 1.165) is 6.42 Å². The Bertz CT molecular complexity index is 289. The molecule has 1 saturated carbocycles. The number of hydrogen-bond donors (Lipinski definition) is 1. The summed E-state index contributed by atoms with van der Waals surface area (Å²) in [5, 5.41) is 3.50.